The van der Waals surface area contributed by atoms with Crippen LogP contribution in [0, 0.1) is 0 Å². The van der Waals surface area contributed by atoms with E-state index >= 15 is 0 Å². The van der Waals surface area contributed by atoms with Crippen LogP contribution in [0.15, 0.2) is 29.8 Å². The molecule has 0 fully saturated rings. The molecule has 3 nitrogen and oxygen atoms in total. The fourth-order valence-corrected chi connectivity index (χ4v) is 2.27. The van der Waals surface area contributed by atoms with E-state index in [1.807, 2.05) is 11.4 Å². The fraction of sp³-hybridized carbons (Fsp3) is 0.100. The summed E-state index contributed by atoms with van der Waals surface area (Å²) in [6.07, 6.45) is 1.73. The first-order chi connectivity index (χ1) is 7.18. The maximum Gasteiger partial charge on any atom is 0.352 e. The normalized spacial score (nSPS) is 10.5. The topological polar surface area (TPSA) is 42.2 Å². The van der Waals surface area contributed by atoms with E-state index in [0.717, 1.165) is 5.56 Å². The summed E-state index contributed by atoms with van der Waals surface area (Å²) in [7, 11) is 0. The van der Waals surface area contributed by atoms with Crippen molar-refractivity contribution in [1.82, 2.24) is 4.57 Å². The van der Waals surface area contributed by atoms with Gasteiger partial charge in [0, 0.05) is 11.8 Å². The van der Waals surface area contributed by atoms with Crippen LogP contribution >= 0.6 is 22.9 Å². The van der Waals surface area contributed by atoms with E-state index in [4.69, 9.17) is 16.7 Å². The lowest BCUT2D eigenvalue weighted by Gasteiger charge is -2.04. The number of carboxylic acids is 1. The standard InChI is InChI=1S/C10H8ClNO2S/c11-9-7(3-5-15-9)6-12-4-1-2-8(12)10(13)14/h1-5H,6H2,(H,13,14). The molecule has 0 aliphatic carbocycles. The van der Waals surface area contributed by atoms with E-state index < -0.39 is 5.97 Å². The summed E-state index contributed by atoms with van der Waals surface area (Å²) in [5, 5.41) is 10.8. The van der Waals surface area contributed by atoms with Gasteiger partial charge in [-0.05, 0) is 23.6 Å². The van der Waals surface area contributed by atoms with Crippen molar-refractivity contribution in [2.45, 2.75) is 6.54 Å². The molecule has 2 aromatic heterocycles. The predicted molar refractivity (Wildman–Crippen MR) is 59.8 cm³/mol. The number of hydrogen-bond donors (Lipinski definition) is 1. The molecule has 0 aromatic carbocycles. The Kier molecular flexibility index (Phi) is 2.79. The molecular formula is C10H8ClNO2S. The summed E-state index contributed by atoms with van der Waals surface area (Å²) in [6.45, 7) is 0.497. The number of thiophene rings is 1. The third kappa shape index (κ3) is 2.06. The zero-order valence-electron chi connectivity index (χ0n) is 7.68. The number of aromatic nitrogens is 1. The minimum Gasteiger partial charge on any atom is -0.477 e. The molecule has 0 atom stereocenters. The average molecular weight is 242 g/mol. The smallest absolute Gasteiger partial charge is 0.352 e. The molecule has 0 radical (unpaired) electrons. The zero-order valence-corrected chi connectivity index (χ0v) is 9.26. The summed E-state index contributed by atoms with van der Waals surface area (Å²) in [5.41, 5.74) is 1.22. The van der Waals surface area contributed by atoms with E-state index in [1.165, 1.54) is 11.3 Å². The minimum atomic E-state index is -0.925. The molecule has 2 aromatic rings. The fourth-order valence-electron chi connectivity index (χ4n) is 1.36. The lowest BCUT2D eigenvalue weighted by molar-refractivity contribution is 0.0685. The van der Waals surface area contributed by atoms with E-state index in [2.05, 4.69) is 0 Å². The Hall–Kier alpha value is -1.26. The Morgan fingerprint density at radius 3 is 2.93 bits per heavy atom. The molecule has 0 aliphatic heterocycles. The summed E-state index contributed by atoms with van der Waals surface area (Å²) >= 11 is 7.39. The van der Waals surface area contributed by atoms with Crippen molar-refractivity contribution in [1.29, 1.82) is 0 Å². The second kappa shape index (κ2) is 4.08. The van der Waals surface area contributed by atoms with Crippen molar-refractivity contribution < 1.29 is 9.90 Å². The quantitative estimate of drug-likeness (QED) is 0.898. The molecule has 0 spiro atoms. The second-order valence-electron chi connectivity index (χ2n) is 3.05. The predicted octanol–water partition coefficient (Wildman–Crippen LogP) is 2.95. The molecule has 5 heteroatoms. The Bertz CT molecular complexity index is 489. The van der Waals surface area contributed by atoms with E-state index in [9.17, 15) is 4.79 Å². The second-order valence-corrected chi connectivity index (χ2v) is 4.56. The molecule has 0 amide bonds. The lowest BCUT2D eigenvalue weighted by Crippen LogP contribution is -2.08. The first kappa shape index (κ1) is 10.3. The summed E-state index contributed by atoms with van der Waals surface area (Å²) < 4.78 is 2.37. The van der Waals surface area contributed by atoms with Crippen LogP contribution in [0.4, 0.5) is 0 Å². The van der Waals surface area contributed by atoms with Gasteiger partial charge in [0.1, 0.15) is 5.69 Å². The van der Waals surface area contributed by atoms with Crippen molar-refractivity contribution in [3.63, 3.8) is 0 Å². The van der Waals surface area contributed by atoms with Gasteiger partial charge in [0.05, 0.1) is 10.9 Å². The molecule has 0 saturated heterocycles. The first-order valence-corrected chi connectivity index (χ1v) is 5.54. The molecule has 2 heterocycles. The van der Waals surface area contributed by atoms with Crippen molar-refractivity contribution in [2.75, 3.05) is 0 Å². The molecule has 15 heavy (non-hydrogen) atoms. The van der Waals surface area contributed by atoms with Crippen molar-refractivity contribution in [3.8, 4) is 0 Å². The highest BCUT2D eigenvalue weighted by atomic mass is 35.5. The Balaban J connectivity index is 2.28. The SMILES string of the molecule is O=C(O)c1cccn1Cc1ccsc1Cl. The Labute approximate surface area is 95.5 Å². The van der Waals surface area contributed by atoms with Crippen LogP contribution in [0.25, 0.3) is 0 Å². The maximum atomic E-state index is 10.8. The lowest BCUT2D eigenvalue weighted by atomic mass is 10.3. The van der Waals surface area contributed by atoms with Gasteiger partial charge in [0.25, 0.3) is 0 Å². The van der Waals surface area contributed by atoms with Crippen molar-refractivity contribution >= 4 is 28.9 Å². The van der Waals surface area contributed by atoms with Crippen LogP contribution in [0.3, 0.4) is 0 Å². The largest absolute Gasteiger partial charge is 0.477 e. The number of carbonyl (C=O) groups is 1. The van der Waals surface area contributed by atoms with Gasteiger partial charge in [0.15, 0.2) is 0 Å². The van der Waals surface area contributed by atoms with Gasteiger partial charge < -0.3 is 9.67 Å². The third-order valence-corrected chi connectivity index (χ3v) is 3.33. The van der Waals surface area contributed by atoms with E-state index in [0.29, 0.717) is 10.9 Å². The highest BCUT2D eigenvalue weighted by Crippen LogP contribution is 2.23. The molecule has 0 unspecified atom stereocenters. The monoisotopic (exact) mass is 241 g/mol. The molecule has 78 valence electrons. The highest BCUT2D eigenvalue weighted by Gasteiger charge is 2.10. The van der Waals surface area contributed by atoms with Crippen LogP contribution in [0.2, 0.25) is 4.34 Å². The van der Waals surface area contributed by atoms with Gasteiger partial charge in [-0.3, -0.25) is 0 Å². The molecule has 0 saturated carbocycles. The number of hydrogen-bond acceptors (Lipinski definition) is 2. The number of carboxylic acid groups (broad SMARTS) is 1. The van der Waals surface area contributed by atoms with Crippen LogP contribution in [0.5, 0.6) is 0 Å². The molecular weight excluding hydrogens is 234 g/mol. The van der Waals surface area contributed by atoms with Gasteiger partial charge in [-0.15, -0.1) is 11.3 Å². The van der Waals surface area contributed by atoms with Gasteiger partial charge in [-0.2, -0.15) is 0 Å². The third-order valence-electron chi connectivity index (χ3n) is 2.08. The van der Waals surface area contributed by atoms with Gasteiger partial charge in [0.2, 0.25) is 0 Å². The zero-order chi connectivity index (χ0) is 10.8. The number of aromatic carboxylic acids is 1. The van der Waals surface area contributed by atoms with Crippen LogP contribution in [-0.4, -0.2) is 15.6 Å². The molecule has 0 aliphatic rings. The Morgan fingerprint density at radius 2 is 2.33 bits per heavy atom. The molecule has 0 bridgehead atoms. The van der Waals surface area contributed by atoms with Gasteiger partial charge in [-0.25, -0.2) is 4.79 Å². The number of nitrogens with zero attached hydrogens (tertiary/aromatic N) is 1. The summed E-state index contributed by atoms with van der Waals surface area (Å²) in [6, 6.07) is 5.19. The van der Waals surface area contributed by atoms with Crippen LogP contribution < -0.4 is 0 Å². The maximum absolute atomic E-state index is 10.8. The molecule has 1 N–H and O–H groups in total. The molecule has 2 rings (SSSR count). The van der Waals surface area contributed by atoms with Crippen molar-refractivity contribution in [3.05, 3.63) is 45.4 Å². The first-order valence-electron chi connectivity index (χ1n) is 4.29. The van der Waals surface area contributed by atoms with E-state index in [-0.39, 0.29) is 5.69 Å². The highest BCUT2D eigenvalue weighted by molar-refractivity contribution is 7.14. The summed E-state index contributed by atoms with van der Waals surface area (Å²) in [5.74, 6) is -0.925. The van der Waals surface area contributed by atoms with Gasteiger partial charge in [-0.1, -0.05) is 11.6 Å². The average Bonchev–Trinajstić information content (AvgIpc) is 2.77. The van der Waals surface area contributed by atoms with Crippen molar-refractivity contribution in [2.24, 2.45) is 0 Å². The minimum absolute atomic E-state index is 0.275. The summed E-state index contributed by atoms with van der Waals surface area (Å²) in [4.78, 5) is 10.8. The van der Waals surface area contributed by atoms with Gasteiger partial charge >= 0.3 is 5.97 Å². The Morgan fingerprint density at radius 1 is 1.53 bits per heavy atom. The number of halogens is 1. The van der Waals surface area contributed by atoms with Crippen LogP contribution in [-0.2, 0) is 6.54 Å². The van der Waals surface area contributed by atoms with E-state index in [1.54, 1.807) is 22.9 Å². The number of rotatable bonds is 3. The van der Waals surface area contributed by atoms with Crippen LogP contribution in [0.1, 0.15) is 16.1 Å².